The van der Waals surface area contributed by atoms with Gasteiger partial charge in [-0.1, -0.05) is 6.07 Å². The van der Waals surface area contributed by atoms with Crippen molar-refractivity contribution >= 4 is 11.8 Å². The van der Waals surface area contributed by atoms with Crippen LogP contribution in [0.15, 0.2) is 24.4 Å². The fourth-order valence-corrected chi connectivity index (χ4v) is 1.00. The molecule has 1 aromatic rings. The van der Waals surface area contributed by atoms with Crippen LogP contribution in [-0.4, -0.2) is 29.9 Å². The highest BCUT2D eigenvalue weighted by molar-refractivity contribution is 5.92. The molecule has 2 N–H and O–H groups in total. The maximum absolute atomic E-state index is 11.4. The Balaban J connectivity index is 2.28. The quantitative estimate of drug-likeness (QED) is 0.680. The summed E-state index contributed by atoms with van der Waals surface area (Å²) >= 11 is 0. The highest BCUT2D eigenvalue weighted by Gasteiger charge is 2.04. The molecule has 0 bridgehead atoms. The van der Waals surface area contributed by atoms with Crippen molar-refractivity contribution in [3.8, 4) is 0 Å². The molecule has 0 aromatic carbocycles. The first-order valence-electron chi connectivity index (χ1n) is 4.64. The number of nitrogens with one attached hydrogen (secondary N) is 2. The standard InChI is InChI=1S/C10H13N3O2/c1-8(14)11-6-7-13-10(15)9-4-2-3-5-12-9/h2-5H,6-7H2,1H3,(H,11,14)(H,13,15). The van der Waals surface area contributed by atoms with E-state index in [4.69, 9.17) is 0 Å². The van der Waals surface area contributed by atoms with E-state index in [1.165, 1.54) is 6.92 Å². The smallest absolute Gasteiger partial charge is 0.269 e. The number of hydrogen-bond donors (Lipinski definition) is 2. The van der Waals surface area contributed by atoms with Crippen LogP contribution in [0, 0.1) is 0 Å². The van der Waals surface area contributed by atoms with Crippen LogP contribution in [-0.2, 0) is 4.79 Å². The molecule has 1 rings (SSSR count). The lowest BCUT2D eigenvalue weighted by atomic mass is 10.3. The molecule has 0 aliphatic rings. The molecule has 0 fully saturated rings. The number of carbonyl (C=O) groups is 2. The fraction of sp³-hybridized carbons (Fsp3) is 0.300. The van der Waals surface area contributed by atoms with Crippen molar-refractivity contribution in [1.82, 2.24) is 15.6 Å². The molecule has 2 amide bonds. The number of pyridine rings is 1. The van der Waals surface area contributed by atoms with Crippen molar-refractivity contribution in [2.45, 2.75) is 6.92 Å². The number of amides is 2. The molecular formula is C10H13N3O2. The third-order valence-electron chi connectivity index (χ3n) is 1.68. The first kappa shape index (κ1) is 11.2. The second-order valence-corrected chi connectivity index (χ2v) is 2.95. The lowest BCUT2D eigenvalue weighted by molar-refractivity contribution is -0.118. The van der Waals surface area contributed by atoms with Crippen LogP contribution in [0.25, 0.3) is 0 Å². The molecule has 0 saturated heterocycles. The van der Waals surface area contributed by atoms with E-state index in [1.807, 2.05) is 0 Å². The molecule has 0 unspecified atom stereocenters. The minimum atomic E-state index is -0.235. The number of carbonyl (C=O) groups excluding carboxylic acids is 2. The van der Waals surface area contributed by atoms with E-state index in [-0.39, 0.29) is 11.8 Å². The van der Waals surface area contributed by atoms with E-state index >= 15 is 0 Å². The molecule has 1 heterocycles. The highest BCUT2D eigenvalue weighted by atomic mass is 16.2. The second-order valence-electron chi connectivity index (χ2n) is 2.95. The van der Waals surface area contributed by atoms with E-state index in [2.05, 4.69) is 15.6 Å². The molecular weight excluding hydrogens is 194 g/mol. The first-order chi connectivity index (χ1) is 7.20. The van der Waals surface area contributed by atoms with Gasteiger partial charge >= 0.3 is 0 Å². The van der Waals surface area contributed by atoms with Gasteiger partial charge in [-0.05, 0) is 12.1 Å². The Morgan fingerprint density at radius 2 is 2.00 bits per heavy atom. The minimum Gasteiger partial charge on any atom is -0.355 e. The average Bonchev–Trinajstić information content (AvgIpc) is 2.25. The van der Waals surface area contributed by atoms with Crippen molar-refractivity contribution in [2.24, 2.45) is 0 Å². The van der Waals surface area contributed by atoms with E-state index in [0.717, 1.165) is 0 Å². The highest BCUT2D eigenvalue weighted by Crippen LogP contribution is 1.91. The summed E-state index contributed by atoms with van der Waals surface area (Å²) in [5.41, 5.74) is 0.375. The van der Waals surface area contributed by atoms with Crippen LogP contribution in [0.2, 0.25) is 0 Å². The van der Waals surface area contributed by atoms with Crippen molar-refractivity contribution in [1.29, 1.82) is 0 Å². The summed E-state index contributed by atoms with van der Waals surface area (Å²) in [5, 5.41) is 5.22. The molecule has 0 atom stereocenters. The summed E-state index contributed by atoms with van der Waals surface area (Å²) in [6, 6.07) is 5.12. The molecule has 5 nitrogen and oxygen atoms in total. The van der Waals surface area contributed by atoms with Gasteiger partial charge in [0.25, 0.3) is 5.91 Å². The summed E-state index contributed by atoms with van der Waals surface area (Å²) in [6.07, 6.45) is 1.56. The number of hydrogen-bond acceptors (Lipinski definition) is 3. The van der Waals surface area contributed by atoms with Crippen LogP contribution in [0.1, 0.15) is 17.4 Å². The molecule has 0 spiro atoms. The monoisotopic (exact) mass is 207 g/mol. The summed E-state index contributed by atoms with van der Waals surface area (Å²) in [5.74, 6) is -0.344. The minimum absolute atomic E-state index is 0.109. The molecule has 0 saturated carbocycles. The van der Waals surface area contributed by atoms with Gasteiger partial charge in [0, 0.05) is 26.2 Å². The van der Waals surface area contributed by atoms with Crippen LogP contribution >= 0.6 is 0 Å². The predicted octanol–water partition coefficient (Wildman–Crippen LogP) is -0.0525. The molecule has 1 aromatic heterocycles. The Bertz CT molecular complexity index is 338. The number of rotatable bonds is 4. The average molecular weight is 207 g/mol. The topological polar surface area (TPSA) is 71.1 Å². The van der Waals surface area contributed by atoms with E-state index < -0.39 is 0 Å². The molecule has 15 heavy (non-hydrogen) atoms. The first-order valence-corrected chi connectivity index (χ1v) is 4.64. The zero-order valence-electron chi connectivity index (χ0n) is 8.49. The number of aromatic nitrogens is 1. The third-order valence-corrected chi connectivity index (χ3v) is 1.68. The van der Waals surface area contributed by atoms with E-state index in [1.54, 1.807) is 24.4 Å². The Labute approximate surface area is 87.9 Å². The summed E-state index contributed by atoms with van der Waals surface area (Å²) < 4.78 is 0. The Morgan fingerprint density at radius 1 is 1.27 bits per heavy atom. The summed E-state index contributed by atoms with van der Waals surface area (Å²) in [4.78, 5) is 25.8. The van der Waals surface area contributed by atoms with Crippen molar-refractivity contribution in [3.63, 3.8) is 0 Å². The van der Waals surface area contributed by atoms with Gasteiger partial charge in [0.05, 0.1) is 0 Å². The fourth-order valence-electron chi connectivity index (χ4n) is 1.00. The molecule has 5 heteroatoms. The second kappa shape index (κ2) is 5.74. The Kier molecular flexibility index (Phi) is 4.28. The van der Waals surface area contributed by atoms with Gasteiger partial charge in [0.15, 0.2) is 0 Å². The third kappa shape index (κ3) is 4.21. The van der Waals surface area contributed by atoms with Crippen LogP contribution < -0.4 is 10.6 Å². The zero-order valence-corrected chi connectivity index (χ0v) is 8.49. The predicted molar refractivity (Wildman–Crippen MR) is 55.3 cm³/mol. The van der Waals surface area contributed by atoms with Gasteiger partial charge in [-0.25, -0.2) is 0 Å². The zero-order chi connectivity index (χ0) is 11.1. The Hall–Kier alpha value is -1.91. The van der Waals surface area contributed by atoms with Crippen LogP contribution in [0.3, 0.4) is 0 Å². The summed E-state index contributed by atoms with van der Waals surface area (Å²) in [6.45, 7) is 2.25. The summed E-state index contributed by atoms with van der Waals surface area (Å²) in [7, 11) is 0. The molecule has 0 aliphatic carbocycles. The van der Waals surface area contributed by atoms with E-state index in [0.29, 0.717) is 18.8 Å². The normalized spacial score (nSPS) is 9.40. The van der Waals surface area contributed by atoms with Gasteiger partial charge in [0.1, 0.15) is 5.69 Å². The molecule has 80 valence electrons. The lowest BCUT2D eigenvalue weighted by Gasteiger charge is -2.04. The molecule has 0 radical (unpaired) electrons. The van der Waals surface area contributed by atoms with Crippen molar-refractivity contribution in [2.75, 3.05) is 13.1 Å². The molecule has 0 aliphatic heterocycles. The maximum Gasteiger partial charge on any atom is 0.269 e. The van der Waals surface area contributed by atoms with Crippen molar-refractivity contribution < 1.29 is 9.59 Å². The lowest BCUT2D eigenvalue weighted by Crippen LogP contribution is -2.33. The van der Waals surface area contributed by atoms with Crippen LogP contribution in [0.4, 0.5) is 0 Å². The van der Waals surface area contributed by atoms with Gasteiger partial charge in [-0.2, -0.15) is 0 Å². The van der Waals surface area contributed by atoms with Crippen molar-refractivity contribution in [3.05, 3.63) is 30.1 Å². The van der Waals surface area contributed by atoms with Gasteiger partial charge < -0.3 is 10.6 Å². The largest absolute Gasteiger partial charge is 0.355 e. The number of nitrogens with zero attached hydrogens (tertiary/aromatic N) is 1. The SMILES string of the molecule is CC(=O)NCCNC(=O)c1ccccn1. The van der Waals surface area contributed by atoms with Gasteiger partial charge in [-0.3, -0.25) is 14.6 Å². The Morgan fingerprint density at radius 3 is 2.60 bits per heavy atom. The van der Waals surface area contributed by atoms with Gasteiger partial charge in [0.2, 0.25) is 5.91 Å². The van der Waals surface area contributed by atoms with Crippen LogP contribution in [0.5, 0.6) is 0 Å². The maximum atomic E-state index is 11.4. The van der Waals surface area contributed by atoms with E-state index in [9.17, 15) is 9.59 Å². The van der Waals surface area contributed by atoms with Gasteiger partial charge in [-0.15, -0.1) is 0 Å².